The van der Waals surface area contributed by atoms with Crippen LogP contribution in [-0.2, 0) is 6.18 Å². The van der Waals surface area contributed by atoms with Crippen LogP contribution in [0.4, 0.5) is 13.2 Å². The third-order valence-electron chi connectivity index (χ3n) is 3.42. The average Bonchev–Trinajstić information content (AvgIpc) is 2.42. The number of hydrogen-bond acceptors (Lipinski definition) is 1. The Morgan fingerprint density at radius 2 is 1.71 bits per heavy atom. The second kappa shape index (κ2) is 6.20. The fourth-order valence-electron chi connectivity index (χ4n) is 2.41. The highest BCUT2D eigenvalue weighted by Crippen LogP contribution is 2.38. The van der Waals surface area contributed by atoms with Crippen LogP contribution in [0.25, 0.3) is 0 Å². The van der Waals surface area contributed by atoms with Crippen LogP contribution in [0.5, 0.6) is 0 Å². The molecular formula is C16H15BrF3N. The summed E-state index contributed by atoms with van der Waals surface area (Å²) in [6, 6.07) is 11.2. The van der Waals surface area contributed by atoms with Crippen molar-refractivity contribution in [1.82, 2.24) is 5.32 Å². The number of rotatable bonds is 3. The lowest BCUT2D eigenvalue weighted by molar-refractivity contribution is -0.138. The lowest BCUT2D eigenvalue weighted by atomic mass is 9.91. The molecule has 1 unspecified atom stereocenters. The predicted molar refractivity (Wildman–Crippen MR) is 81.2 cm³/mol. The van der Waals surface area contributed by atoms with Crippen molar-refractivity contribution in [2.45, 2.75) is 19.1 Å². The molecule has 1 nitrogen and oxygen atoms in total. The average molecular weight is 358 g/mol. The van der Waals surface area contributed by atoms with Crippen molar-refractivity contribution in [3.8, 4) is 0 Å². The van der Waals surface area contributed by atoms with Gasteiger partial charge in [-0.05, 0) is 42.8 Å². The van der Waals surface area contributed by atoms with Gasteiger partial charge in [-0.25, -0.2) is 0 Å². The fourth-order valence-corrected chi connectivity index (χ4v) is 2.78. The Hall–Kier alpha value is -1.33. The Bertz CT molecular complexity index is 638. The van der Waals surface area contributed by atoms with Crippen LogP contribution in [0.15, 0.2) is 46.9 Å². The van der Waals surface area contributed by atoms with Crippen molar-refractivity contribution in [2.24, 2.45) is 0 Å². The number of benzene rings is 2. The van der Waals surface area contributed by atoms with Crippen molar-refractivity contribution in [2.75, 3.05) is 7.05 Å². The molecule has 1 atom stereocenters. The van der Waals surface area contributed by atoms with Crippen molar-refractivity contribution in [3.63, 3.8) is 0 Å². The van der Waals surface area contributed by atoms with Gasteiger partial charge in [-0.2, -0.15) is 13.2 Å². The SMILES string of the molecule is CNC(c1ccccc1C)c1ccc(Br)cc1C(F)(F)F. The van der Waals surface area contributed by atoms with Gasteiger partial charge < -0.3 is 5.32 Å². The fraction of sp³-hybridized carbons (Fsp3) is 0.250. The van der Waals surface area contributed by atoms with Gasteiger partial charge in [-0.15, -0.1) is 0 Å². The minimum Gasteiger partial charge on any atom is -0.309 e. The molecule has 0 heterocycles. The molecule has 0 saturated carbocycles. The van der Waals surface area contributed by atoms with Crippen LogP contribution < -0.4 is 5.32 Å². The molecule has 0 aliphatic heterocycles. The molecule has 2 aromatic carbocycles. The second-order valence-corrected chi connectivity index (χ2v) is 5.72. The van der Waals surface area contributed by atoms with Gasteiger partial charge in [-0.1, -0.05) is 46.3 Å². The minimum atomic E-state index is -4.39. The van der Waals surface area contributed by atoms with Crippen LogP contribution in [0.2, 0.25) is 0 Å². The predicted octanol–water partition coefficient (Wildman–Crippen LogP) is 5.09. The number of alkyl halides is 3. The molecule has 0 spiro atoms. The second-order valence-electron chi connectivity index (χ2n) is 4.81. The molecule has 112 valence electrons. The van der Waals surface area contributed by atoms with Gasteiger partial charge >= 0.3 is 6.18 Å². The van der Waals surface area contributed by atoms with Crippen LogP contribution in [0, 0.1) is 6.92 Å². The number of aryl methyl sites for hydroxylation is 1. The first-order chi connectivity index (χ1) is 9.84. The molecule has 1 N–H and O–H groups in total. The molecule has 0 radical (unpaired) electrons. The molecule has 21 heavy (non-hydrogen) atoms. The smallest absolute Gasteiger partial charge is 0.309 e. The molecular weight excluding hydrogens is 343 g/mol. The molecule has 0 bridgehead atoms. The maximum Gasteiger partial charge on any atom is 0.416 e. The molecule has 5 heteroatoms. The maximum atomic E-state index is 13.3. The molecule has 0 aliphatic rings. The Balaban J connectivity index is 2.61. The third kappa shape index (κ3) is 3.47. The van der Waals surface area contributed by atoms with Gasteiger partial charge in [0.05, 0.1) is 11.6 Å². The van der Waals surface area contributed by atoms with E-state index in [-0.39, 0.29) is 5.56 Å². The van der Waals surface area contributed by atoms with E-state index in [1.54, 1.807) is 13.1 Å². The molecule has 0 amide bonds. The summed E-state index contributed by atoms with van der Waals surface area (Å²) in [5.41, 5.74) is 1.39. The highest BCUT2D eigenvalue weighted by Gasteiger charge is 2.35. The normalized spacial score (nSPS) is 13.2. The van der Waals surface area contributed by atoms with Crippen LogP contribution in [0.1, 0.15) is 28.3 Å². The third-order valence-corrected chi connectivity index (χ3v) is 3.91. The van der Waals surface area contributed by atoms with Crippen LogP contribution in [0.3, 0.4) is 0 Å². The van der Waals surface area contributed by atoms with Gasteiger partial charge in [0.15, 0.2) is 0 Å². The van der Waals surface area contributed by atoms with E-state index in [4.69, 9.17) is 0 Å². The van der Waals surface area contributed by atoms with Gasteiger partial charge in [0.25, 0.3) is 0 Å². The molecule has 2 rings (SSSR count). The molecule has 0 saturated heterocycles. The van der Waals surface area contributed by atoms with Gasteiger partial charge in [0.2, 0.25) is 0 Å². The largest absolute Gasteiger partial charge is 0.416 e. The van der Waals surface area contributed by atoms with Crippen molar-refractivity contribution in [1.29, 1.82) is 0 Å². The highest BCUT2D eigenvalue weighted by molar-refractivity contribution is 9.10. The van der Waals surface area contributed by atoms with E-state index < -0.39 is 17.8 Å². The summed E-state index contributed by atoms with van der Waals surface area (Å²) < 4.78 is 40.3. The molecule has 0 fully saturated rings. The summed E-state index contributed by atoms with van der Waals surface area (Å²) in [6.07, 6.45) is -4.39. The summed E-state index contributed by atoms with van der Waals surface area (Å²) in [5.74, 6) is 0. The zero-order valence-electron chi connectivity index (χ0n) is 11.6. The highest BCUT2D eigenvalue weighted by atomic mass is 79.9. The Labute approximate surface area is 130 Å². The number of hydrogen-bond donors (Lipinski definition) is 1. The number of nitrogens with one attached hydrogen (secondary N) is 1. The van der Waals surface area contributed by atoms with E-state index in [2.05, 4.69) is 21.2 Å². The molecule has 0 aromatic heterocycles. The monoisotopic (exact) mass is 357 g/mol. The Kier molecular flexibility index (Phi) is 4.74. The van der Waals surface area contributed by atoms with E-state index in [0.717, 1.165) is 17.2 Å². The molecule has 2 aromatic rings. The van der Waals surface area contributed by atoms with E-state index in [1.807, 2.05) is 31.2 Å². The first kappa shape index (κ1) is 16.0. The quantitative estimate of drug-likeness (QED) is 0.806. The van der Waals surface area contributed by atoms with E-state index in [9.17, 15) is 13.2 Å². The van der Waals surface area contributed by atoms with Crippen molar-refractivity contribution >= 4 is 15.9 Å². The minimum absolute atomic E-state index is 0.225. The summed E-state index contributed by atoms with van der Waals surface area (Å²) in [4.78, 5) is 0. The van der Waals surface area contributed by atoms with Gasteiger partial charge in [0.1, 0.15) is 0 Å². The van der Waals surface area contributed by atoms with Crippen molar-refractivity contribution < 1.29 is 13.2 Å². The first-order valence-electron chi connectivity index (χ1n) is 6.44. The molecule has 0 aliphatic carbocycles. The number of halogens is 4. The van der Waals surface area contributed by atoms with Crippen molar-refractivity contribution in [3.05, 3.63) is 69.2 Å². The van der Waals surface area contributed by atoms with E-state index in [1.165, 1.54) is 6.07 Å². The van der Waals surface area contributed by atoms with E-state index in [0.29, 0.717) is 4.47 Å². The summed E-state index contributed by atoms with van der Waals surface area (Å²) in [5, 5.41) is 2.99. The lowest BCUT2D eigenvalue weighted by Gasteiger charge is -2.23. The van der Waals surface area contributed by atoms with Crippen LogP contribution >= 0.6 is 15.9 Å². The zero-order valence-corrected chi connectivity index (χ0v) is 13.2. The summed E-state index contributed by atoms with van der Waals surface area (Å²) in [7, 11) is 1.67. The Morgan fingerprint density at radius 1 is 1.05 bits per heavy atom. The maximum absolute atomic E-state index is 13.3. The van der Waals surface area contributed by atoms with Gasteiger partial charge in [-0.3, -0.25) is 0 Å². The topological polar surface area (TPSA) is 12.0 Å². The Morgan fingerprint density at radius 3 is 2.29 bits per heavy atom. The van der Waals surface area contributed by atoms with E-state index >= 15 is 0 Å². The summed E-state index contributed by atoms with van der Waals surface area (Å²) in [6.45, 7) is 1.89. The van der Waals surface area contributed by atoms with Crippen LogP contribution in [-0.4, -0.2) is 7.05 Å². The van der Waals surface area contributed by atoms with Gasteiger partial charge in [0, 0.05) is 4.47 Å². The zero-order chi connectivity index (χ0) is 15.6. The first-order valence-corrected chi connectivity index (χ1v) is 7.23. The lowest BCUT2D eigenvalue weighted by Crippen LogP contribution is -2.22. The standard InChI is InChI=1S/C16H15BrF3N/c1-10-5-3-4-6-12(10)15(21-2)13-8-7-11(17)9-14(13)16(18,19)20/h3-9,15,21H,1-2H3. The summed E-state index contributed by atoms with van der Waals surface area (Å²) >= 11 is 3.11.